The minimum Gasteiger partial charge on any atom is -0.507 e. The highest BCUT2D eigenvalue weighted by Crippen LogP contribution is 2.41. The SMILES string of the molecule is CC1(C)CC(=O)c2c(O)cc(/C=C/c3cc(O)c4c(c3)OC(C)(C)CC4=O)cc2O1. The standard InChI is InChI=1S/C24H24O6/c1-23(2)11-17(27)21-15(25)7-13(9-19(21)29-23)5-6-14-8-16(26)22-18(28)12-24(3,4)30-20(22)10-14/h5-10,25-26H,11-12H2,1-4H3/b6-5+. The number of aromatic hydroxyl groups is 2. The van der Waals surface area contributed by atoms with Crippen LogP contribution < -0.4 is 9.47 Å². The summed E-state index contributed by atoms with van der Waals surface area (Å²) in [6, 6.07) is 6.39. The number of ether oxygens (including phenoxy) is 2. The van der Waals surface area contributed by atoms with Gasteiger partial charge < -0.3 is 19.7 Å². The third kappa shape index (κ3) is 3.65. The van der Waals surface area contributed by atoms with E-state index in [1.165, 1.54) is 12.1 Å². The molecule has 0 spiro atoms. The Kier molecular flexibility index (Phi) is 4.42. The van der Waals surface area contributed by atoms with E-state index in [4.69, 9.17) is 9.47 Å². The Labute approximate surface area is 174 Å². The third-order valence-corrected chi connectivity index (χ3v) is 5.18. The molecular weight excluding hydrogens is 384 g/mol. The molecule has 6 nitrogen and oxygen atoms in total. The van der Waals surface area contributed by atoms with E-state index < -0.39 is 11.2 Å². The fraction of sp³-hybridized carbons (Fsp3) is 0.333. The summed E-state index contributed by atoms with van der Waals surface area (Å²) in [5.74, 6) is 0.129. The first-order valence-electron chi connectivity index (χ1n) is 9.81. The number of Topliss-reactive ketones (excluding diaryl/α,β-unsaturated/α-hetero) is 2. The zero-order chi connectivity index (χ0) is 21.8. The normalized spacial score (nSPS) is 19.1. The summed E-state index contributed by atoms with van der Waals surface area (Å²) in [6.07, 6.45) is 3.86. The van der Waals surface area contributed by atoms with Crippen molar-refractivity contribution in [3.8, 4) is 23.0 Å². The number of phenols is 2. The van der Waals surface area contributed by atoms with Crippen LogP contribution in [0, 0.1) is 0 Å². The molecule has 0 radical (unpaired) electrons. The van der Waals surface area contributed by atoms with Gasteiger partial charge in [0.2, 0.25) is 0 Å². The maximum absolute atomic E-state index is 12.3. The fourth-order valence-corrected chi connectivity index (χ4v) is 3.97. The first kappa shape index (κ1) is 20.0. The molecule has 2 aliphatic heterocycles. The molecule has 0 bridgehead atoms. The predicted octanol–water partition coefficient (Wildman–Crippen LogP) is 4.76. The van der Waals surface area contributed by atoms with Crippen molar-refractivity contribution in [2.75, 3.05) is 0 Å². The summed E-state index contributed by atoms with van der Waals surface area (Å²) in [7, 11) is 0. The Balaban J connectivity index is 1.69. The molecule has 30 heavy (non-hydrogen) atoms. The maximum Gasteiger partial charge on any atom is 0.174 e. The molecule has 2 aliphatic rings. The zero-order valence-corrected chi connectivity index (χ0v) is 17.4. The van der Waals surface area contributed by atoms with E-state index in [2.05, 4.69) is 0 Å². The number of ketones is 2. The minimum absolute atomic E-state index is 0.128. The smallest absolute Gasteiger partial charge is 0.174 e. The van der Waals surface area contributed by atoms with Crippen LogP contribution in [0.4, 0.5) is 0 Å². The number of fused-ring (bicyclic) bond motifs is 2. The molecule has 0 fully saturated rings. The largest absolute Gasteiger partial charge is 0.507 e. The molecule has 156 valence electrons. The lowest BCUT2D eigenvalue weighted by Crippen LogP contribution is -2.36. The summed E-state index contributed by atoms with van der Waals surface area (Å²) in [6.45, 7) is 7.30. The van der Waals surface area contributed by atoms with Crippen LogP contribution >= 0.6 is 0 Å². The average Bonchev–Trinajstić information content (AvgIpc) is 2.56. The van der Waals surface area contributed by atoms with E-state index >= 15 is 0 Å². The van der Waals surface area contributed by atoms with Gasteiger partial charge in [-0.05, 0) is 63.1 Å². The van der Waals surface area contributed by atoms with Crippen molar-refractivity contribution in [2.45, 2.75) is 51.7 Å². The molecule has 2 heterocycles. The third-order valence-electron chi connectivity index (χ3n) is 5.18. The number of phenolic OH excluding ortho intramolecular Hbond substituents is 2. The highest BCUT2D eigenvalue weighted by atomic mass is 16.5. The summed E-state index contributed by atoms with van der Waals surface area (Å²) < 4.78 is 11.8. The first-order chi connectivity index (χ1) is 13.9. The molecule has 2 aromatic rings. The van der Waals surface area contributed by atoms with Gasteiger partial charge in [-0.1, -0.05) is 12.2 Å². The first-order valence-corrected chi connectivity index (χ1v) is 9.81. The van der Waals surface area contributed by atoms with Gasteiger partial charge in [-0.2, -0.15) is 0 Å². The van der Waals surface area contributed by atoms with Gasteiger partial charge >= 0.3 is 0 Å². The van der Waals surface area contributed by atoms with Crippen LogP contribution in [0.2, 0.25) is 0 Å². The average molecular weight is 408 g/mol. The van der Waals surface area contributed by atoms with Gasteiger partial charge in [0.05, 0.1) is 12.8 Å². The maximum atomic E-state index is 12.3. The van der Waals surface area contributed by atoms with Crippen LogP contribution in [0.3, 0.4) is 0 Å². The Morgan fingerprint density at radius 2 is 1.10 bits per heavy atom. The Morgan fingerprint density at radius 3 is 1.47 bits per heavy atom. The predicted molar refractivity (Wildman–Crippen MR) is 112 cm³/mol. The second-order valence-electron chi connectivity index (χ2n) is 9.08. The van der Waals surface area contributed by atoms with E-state index in [1.54, 1.807) is 24.3 Å². The molecular formula is C24H24O6. The molecule has 6 heteroatoms. The second kappa shape index (κ2) is 6.62. The zero-order valence-electron chi connectivity index (χ0n) is 17.4. The van der Waals surface area contributed by atoms with Crippen molar-refractivity contribution in [3.05, 3.63) is 46.5 Å². The molecule has 0 atom stereocenters. The number of carbonyl (C=O) groups excluding carboxylic acids is 2. The van der Waals surface area contributed by atoms with Gasteiger partial charge in [-0.15, -0.1) is 0 Å². The molecule has 0 amide bonds. The molecule has 0 unspecified atom stereocenters. The van der Waals surface area contributed by atoms with Crippen LogP contribution in [0.25, 0.3) is 12.2 Å². The molecule has 0 saturated carbocycles. The van der Waals surface area contributed by atoms with E-state index in [0.717, 1.165) is 0 Å². The van der Waals surface area contributed by atoms with E-state index in [0.29, 0.717) is 22.6 Å². The number of carbonyl (C=O) groups is 2. The summed E-state index contributed by atoms with van der Waals surface area (Å²) in [4.78, 5) is 24.7. The minimum atomic E-state index is -0.639. The van der Waals surface area contributed by atoms with Gasteiger partial charge in [0.1, 0.15) is 45.3 Å². The van der Waals surface area contributed by atoms with Gasteiger partial charge in [-0.3, -0.25) is 9.59 Å². The molecule has 0 aliphatic carbocycles. The van der Waals surface area contributed by atoms with Gasteiger partial charge in [0, 0.05) is 0 Å². The van der Waals surface area contributed by atoms with Crippen molar-refractivity contribution in [1.29, 1.82) is 0 Å². The lowest BCUT2D eigenvalue weighted by Gasteiger charge is -2.32. The van der Waals surface area contributed by atoms with Gasteiger partial charge in [0.15, 0.2) is 11.6 Å². The topological polar surface area (TPSA) is 93.1 Å². The Bertz CT molecular complexity index is 1020. The summed E-state index contributed by atoms with van der Waals surface area (Å²) >= 11 is 0. The van der Waals surface area contributed by atoms with Crippen LogP contribution in [-0.2, 0) is 0 Å². The Morgan fingerprint density at radius 1 is 0.733 bits per heavy atom. The van der Waals surface area contributed by atoms with Crippen molar-refractivity contribution < 1.29 is 29.3 Å². The molecule has 2 N–H and O–H groups in total. The van der Waals surface area contributed by atoms with Crippen molar-refractivity contribution in [1.82, 2.24) is 0 Å². The van der Waals surface area contributed by atoms with E-state index in [-0.39, 0.29) is 47.0 Å². The highest BCUT2D eigenvalue weighted by molar-refractivity contribution is 6.04. The lowest BCUT2D eigenvalue weighted by atomic mass is 9.91. The van der Waals surface area contributed by atoms with Crippen LogP contribution in [0.5, 0.6) is 23.0 Å². The van der Waals surface area contributed by atoms with Crippen LogP contribution in [0.1, 0.15) is 72.4 Å². The Hall–Kier alpha value is -3.28. The highest BCUT2D eigenvalue weighted by Gasteiger charge is 2.35. The van der Waals surface area contributed by atoms with Crippen molar-refractivity contribution in [3.63, 3.8) is 0 Å². The van der Waals surface area contributed by atoms with E-state index in [9.17, 15) is 19.8 Å². The molecule has 0 aromatic heterocycles. The molecule has 2 aromatic carbocycles. The number of hydrogen-bond acceptors (Lipinski definition) is 6. The van der Waals surface area contributed by atoms with Crippen molar-refractivity contribution >= 4 is 23.7 Å². The second-order valence-corrected chi connectivity index (χ2v) is 9.08. The fourth-order valence-electron chi connectivity index (χ4n) is 3.97. The quantitative estimate of drug-likeness (QED) is 0.696. The van der Waals surface area contributed by atoms with Gasteiger partial charge in [0.25, 0.3) is 0 Å². The lowest BCUT2D eigenvalue weighted by molar-refractivity contribution is 0.0601. The van der Waals surface area contributed by atoms with Crippen LogP contribution in [-0.4, -0.2) is 33.0 Å². The number of rotatable bonds is 2. The number of benzene rings is 2. The van der Waals surface area contributed by atoms with E-state index in [1.807, 2.05) is 27.7 Å². The number of hydrogen-bond donors (Lipinski definition) is 2. The molecule has 0 saturated heterocycles. The summed E-state index contributed by atoms with van der Waals surface area (Å²) in [5.41, 5.74) is 0.385. The van der Waals surface area contributed by atoms with Gasteiger partial charge in [-0.25, -0.2) is 0 Å². The van der Waals surface area contributed by atoms with Crippen LogP contribution in [0.15, 0.2) is 24.3 Å². The summed E-state index contributed by atoms with van der Waals surface area (Å²) in [5, 5.41) is 20.7. The molecule has 4 rings (SSSR count). The monoisotopic (exact) mass is 408 g/mol. The van der Waals surface area contributed by atoms with Crippen molar-refractivity contribution in [2.24, 2.45) is 0 Å².